The molecule has 1 unspecified atom stereocenters. The largest absolute Gasteiger partial charge is 0.352 e. The Morgan fingerprint density at radius 2 is 2.04 bits per heavy atom. The van der Waals surface area contributed by atoms with Crippen molar-refractivity contribution in [1.29, 1.82) is 0 Å². The van der Waals surface area contributed by atoms with E-state index in [-0.39, 0.29) is 11.8 Å². The Labute approximate surface area is 165 Å². The van der Waals surface area contributed by atoms with Gasteiger partial charge in [0.1, 0.15) is 0 Å². The number of carbonyl (C=O) groups is 1. The van der Waals surface area contributed by atoms with Gasteiger partial charge in [0.25, 0.3) is 0 Å². The summed E-state index contributed by atoms with van der Waals surface area (Å²) < 4.78 is 2.05. The fraction of sp³-hybridized carbons (Fsp3) is 0.304. The average Bonchev–Trinajstić information content (AvgIpc) is 3.26. The molecule has 144 valence electrons. The molecule has 1 aliphatic rings. The molecule has 0 spiro atoms. The van der Waals surface area contributed by atoms with Crippen LogP contribution in [0.4, 0.5) is 0 Å². The number of rotatable bonds is 6. The molecule has 0 saturated carbocycles. The summed E-state index contributed by atoms with van der Waals surface area (Å²) >= 11 is 0. The first-order valence-corrected chi connectivity index (χ1v) is 9.91. The van der Waals surface area contributed by atoms with Crippen LogP contribution in [0.1, 0.15) is 24.0 Å². The maximum Gasteiger partial charge on any atom is 0.224 e. The van der Waals surface area contributed by atoms with Gasteiger partial charge in [-0.05, 0) is 41.6 Å². The van der Waals surface area contributed by atoms with Crippen molar-refractivity contribution < 1.29 is 4.79 Å². The number of benzene rings is 2. The van der Waals surface area contributed by atoms with Gasteiger partial charge < -0.3 is 15.2 Å². The number of nitrogens with zero attached hydrogens (tertiary/aromatic N) is 2. The molecule has 2 aromatic carbocycles. The lowest BCUT2D eigenvalue weighted by molar-refractivity contribution is -0.125. The van der Waals surface area contributed by atoms with E-state index in [1.807, 2.05) is 24.7 Å². The molecule has 1 atom stereocenters. The van der Waals surface area contributed by atoms with Crippen LogP contribution in [0.3, 0.4) is 0 Å². The number of imidazole rings is 1. The van der Waals surface area contributed by atoms with Crippen molar-refractivity contribution in [3.05, 3.63) is 78.4 Å². The van der Waals surface area contributed by atoms with E-state index in [9.17, 15) is 4.79 Å². The van der Waals surface area contributed by atoms with Crippen LogP contribution < -0.4 is 10.6 Å². The van der Waals surface area contributed by atoms with E-state index in [1.54, 1.807) is 6.20 Å². The number of hydrogen-bond acceptors (Lipinski definition) is 3. The Morgan fingerprint density at radius 1 is 1.18 bits per heavy atom. The second-order valence-corrected chi connectivity index (χ2v) is 7.35. The fourth-order valence-corrected chi connectivity index (χ4v) is 3.74. The summed E-state index contributed by atoms with van der Waals surface area (Å²) in [4.78, 5) is 16.5. The maximum absolute atomic E-state index is 12.5. The van der Waals surface area contributed by atoms with Crippen molar-refractivity contribution in [1.82, 2.24) is 20.2 Å². The first-order chi connectivity index (χ1) is 13.8. The van der Waals surface area contributed by atoms with Crippen LogP contribution in [-0.4, -0.2) is 28.5 Å². The highest BCUT2D eigenvalue weighted by molar-refractivity contribution is 5.79. The summed E-state index contributed by atoms with van der Waals surface area (Å²) in [6.45, 7) is 3.17. The third-order valence-corrected chi connectivity index (χ3v) is 5.33. The van der Waals surface area contributed by atoms with Crippen molar-refractivity contribution in [2.45, 2.75) is 25.9 Å². The highest BCUT2D eigenvalue weighted by atomic mass is 16.1. The Hall–Kier alpha value is -2.92. The highest BCUT2D eigenvalue weighted by Crippen LogP contribution is 2.24. The van der Waals surface area contributed by atoms with Gasteiger partial charge in [-0.2, -0.15) is 0 Å². The zero-order chi connectivity index (χ0) is 19.2. The molecular weight excluding hydrogens is 348 g/mol. The summed E-state index contributed by atoms with van der Waals surface area (Å²) in [5, 5.41) is 6.44. The third kappa shape index (κ3) is 4.49. The second-order valence-electron chi connectivity index (χ2n) is 7.35. The molecule has 1 amide bonds. The molecule has 1 aromatic heterocycles. The van der Waals surface area contributed by atoms with Gasteiger partial charge in [-0.25, -0.2) is 4.98 Å². The van der Waals surface area contributed by atoms with Gasteiger partial charge in [0, 0.05) is 32.0 Å². The minimum Gasteiger partial charge on any atom is -0.352 e. The zero-order valence-corrected chi connectivity index (χ0v) is 16.0. The normalized spacial score (nSPS) is 16.6. The lowest BCUT2D eigenvalue weighted by Gasteiger charge is -2.22. The van der Waals surface area contributed by atoms with Gasteiger partial charge >= 0.3 is 0 Å². The zero-order valence-electron chi connectivity index (χ0n) is 16.0. The van der Waals surface area contributed by atoms with Crippen LogP contribution in [0.5, 0.6) is 0 Å². The Kier molecular flexibility index (Phi) is 5.83. The van der Waals surface area contributed by atoms with E-state index in [0.29, 0.717) is 6.54 Å². The van der Waals surface area contributed by atoms with Crippen molar-refractivity contribution >= 4 is 5.91 Å². The minimum absolute atomic E-state index is 0.0865. The Bertz CT molecular complexity index is 897. The molecule has 0 bridgehead atoms. The molecule has 2 N–H and O–H groups in total. The van der Waals surface area contributed by atoms with Crippen LogP contribution in [0.2, 0.25) is 0 Å². The summed E-state index contributed by atoms with van der Waals surface area (Å²) in [6, 6.07) is 16.9. The summed E-state index contributed by atoms with van der Waals surface area (Å²) in [7, 11) is 0. The molecule has 1 saturated heterocycles. The highest BCUT2D eigenvalue weighted by Gasteiger charge is 2.20. The van der Waals surface area contributed by atoms with E-state index < -0.39 is 0 Å². The predicted octanol–water partition coefficient (Wildman–Crippen LogP) is 3.21. The minimum atomic E-state index is 0.0865. The number of carbonyl (C=O) groups excluding carboxylic acids is 1. The molecule has 5 nitrogen and oxygen atoms in total. The molecule has 0 aliphatic carbocycles. The van der Waals surface area contributed by atoms with Crippen LogP contribution in [0, 0.1) is 5.92 Å². The number of piperidine rings is 1. The predicted molar refractivity (Wildman–Crippen MR) is 111 cm³/mol. The first kappa shape index (κ1) is 18.4. The Balaban J connectivity index is 1.44. The molecule has 4 rings (SSSR count). The summed E-state index contributed by atoms with van der Waals surface area (Å²) in [5.41, 5.74) is 4.71. The molecular formula is C23H26N4O. The standard InChI is InChI=1S/C23H26N4O/c28-23(21-5-3-11-24-14-21)26-15-20-4-1-2-6-22(20)19-9-7-18(8-10-19)16-27-13-12-25-17-27/h1-2,4,6-10,12-13,17,21,24H,3,5,11,14-16H2,(H,26,28). The first-order valence-electron chi connectivity index (χ1n) is 9.91. The van der Waals surface area contributed by atoms with Crippen molar-refractivity contribution in [3.63, 3.8) is 0 Å². The van der Waals surface area contributed by atoms with E-state index in [4.69, 9.17) is 0 Å². The molecule has 1 fully saturated rings. The van der Waals surface area contributed by atoms with Crippen LogP contribution in [0.15, 0.2) is 67.3 Å². The number of nitrogens with one attached hydrogen (secondary N) is 2. The van der Waals surface area contributed by atoms with Crippen molar-refractivity contribution in [3.8, 4) is 11.1 Å². The fourth-order valence-electron chi connectivity index (χ4n) is 3.74. The van der Waals surface area contributed by atoms with E-state index in [2.05, 4.69) is 56.6 Å². The molecule has 5 heteroatoms. The number of hydrogen-bond donors (Lipinski definition) is 2. The van der Waals surface area contributed by atoms with Gasteiger partial charge in [0.2, 0.25) is 5.91 Å². The average molecular weight is 374 g/mol. The van der Waals surface area contributed by atoms with E-state index >= 15 is 0 Å². The monoisotopic (exact) mass is 374 g/mol. The van der Waals surface area contributed by atoms with Crippen molar-refractivity contribution in [2.24, 2.45) is 5.92 Å². The lowest BCUT2D eigenvalue weighted by Crippen LogP contribution is -2.40. The smallest absolute Gasteiger partial charge is 0.224 e. The molecule has 2 heterocycles. The van der Waals surface area contributed by atoms with Crippen LogP contribution in [0.25, 0.3) is 11.1 Å². The lowest BCUT2D eigenvalue weighted by atomic mass is 9.97. The molecule has 28 heavy (non-hydrogen) atoms. The topological polar surface area (TPSA) is 59.0 Å². The van der Waals surface area contributed by atoms with E-state index in [0.717, 1.165) is 38.0 Å². The van der Waals surface area contributed by atoms with Crippen molar-refractivity contribution in [2.75, 3.05) is 13.1 Å². The number of amides is 1. The summed E-state index contributed by atoms with van der Waals surface area (Å²) in [5.74, 6) is 0.237. The van der Waals surface area contributed by atoms with Gasteiger partial charge in [0.05, 0.1) is 12.2 Å². The SMILES string of the molecule is O=C(NCc1ccccc1-c1ccc(Cn2ccnc2)cc1)C1CCCNC1. The Morgan fingerprint density at radius 3 is 2.79 bits per heavy atom. The number of aromatic nitrogens is 2. The van der Waals surface area contributed by atoms with Crippen LogP contribution in [-0.2, 0) is 17.9 Å². The third-order valence-electron chi connectivity index (χ3n) is 5.33. The van der Waals surface area contributed by atoms with E-state index in [1.165, 1.54) is 16.7 Å². The van der Waals surface area contributed by atoms with Gasteiger partial charge in [-0.1, -0.05) is 48.5 Å². The maximum atomic E-state index is 12.5. The quantitative estimate of drug-likeness (QED) is 0.697. The van der Waals surface area contributed by atoms with Gasteiger partial charge in [-0.3, -0.25) is 4.79 Å². The van der Waals surface area contributed by atoms with Gasteiger partial charge in [0.15, 0.2) is 0 Å². The summed E-state index contributed by atoms with van der Waals surface area (Å²) in [6.07, 6.45) is 7.63. The molecule has 3 aromatic rings. The van der Waals surface area contributed by atoms with Crippen LogP contribution >= 0.6 is 0 Å². The second kappa shape index (κ2) is 8.85. The van der Waals surface area contributed by atoms with Gasteiger partial charge in [-0.15, -0.1) is 0 Å². The molecule has 0 radical (unpaired) electrons. The molecule has 1 aliphatic heterocycles.